The molecule has 0 unspecified atom stereocenters. The van der Waals surface area contributed by atoms with Crippen molar-refractivity contribution >= 4 is 40.6 Å². The molecule has 2 aromatic carbocycles. The predicted molar refractivity (Wildman–Crippen MR) is 121 cm³/mol. The van der Waals surface area contributed by atoms with Crippen LogP contribution in [0.5, 0.6) is 0 Å². The van der Waals surface area contributed by atoms with E-state index in [9.17, 15) is 22.4 Å². The lowest BCUT2D eigenvalue weighted by Crippen LogP contribution is -2.27. The zero-order valence-electron chi connectivity index (χ0n) is 18.4. The second-order valence-corrected chi connectivity index (χ2v) is 8.13. The zero-order chi connectivity index (χ0) is 25.1. The summed E-state index contributed by atoms with van der Waals surface area (Å²) in [6, 6.07) is 7.75. The van der Waals surface area contributed by atoms with Gasteiger partial charge in [-0.3, -0.25) is 5.32 Å². The Labute approximate surface area is 192 Å². The van der Waals surface area contributed by atoms with Gasteiger partial charge in [0, 0.05) is 6.20 Å². The Morgan fingerprint density at radius 1 is 0.971 bits per heavy atom. The number of carbonyl (C=O) groups is 1. The molecular formula is C22H22F4N6O2. The molecule has 0 bridgehead atoms. The number of nitrogens with one attached hydrogen (secondary N) is 3. The highest BCUT2D eigenvalue weighted by Crippen LogP contribution is 2.37. The van der Waals surface area contributed by atoms with Gasteiger partial charge in [0.15, 0.2) is 0 Å². The van der Waals surface area contributed by atoms with Crippen molar-refractivity contribution in [1.82, 2.24) is 9.97 Å². The largest absolute Gasteiger partial charge is 0.444 e. The number of nitrogens with zero attached hydrogens (tertiary/aromatic N) is 2. The second-order valence-electron chi connectivity index (χ2n) is 8.13. The number of anilines is 6. The Morgan fingerprint density at radius 2 is 1.71 bits per heavy atom. The van der Waals surface area contributed by atoms with E-state index in [0.717, 1.165) is 30.3 Å². The first-order chi connectivity index (χ1) is 15.8. The average Bonchev–Trinajstić information content (AvgIpc) is 2.70. The van der Waals surface area contributed by atoms with E-state index in [4.69, 9.17) is 10.5 Å². The molecule has 0 atom stereocenters. The lowest BCUT2D eigenvalue weighted by Gasteiger charge is -2.19. The van der Waals surface area contributed by atoms with E-state index in [1.54, 1.807) is 20.8 Å². The van der Waals surface area contributed by atoms with Gasteiger partial charge in [-0.05, 0) is 63.2 Å². The van der Waals surface area contributed by atoms with Crippen LogP contribution in [0.25, 0.3) is 0 Å². The number of rotatable bonds is 5. The summed E-state index contributed by atoms with van der Waals surface area (Å²) >= 11 is 0. The third-order valence-electron chi connectivity index (χ3n) is 4.16. The van der Waals surface area contributed by atoms with Gasteiger partial charge >= 0.3 is 12.3 Å². The van der Waals surface area contributed by atoms with Gasteiger partial charge < -0.3 is 21.1 Å². The van der Waals surface area contributed by atoms with Crippen LogP contribution in [0.1, 0.15) is 26.3 Å². The first-order valence-corrected chi connectivity index (χ1v) is 9.93. The number of nitrogens with two attached hydrogens (primary N) is 1. The molecule has 1 aromatic heterocycles. The molecule has 0 saturated carbocycles. The third-order valence-corrected chi connectivity index (χ3v) is 4.16. The maximum atomic E-state index is 13.7. The summed E-state index contributed by atoms with van der Waals surface area (Å²) in [7, 11) is 0. The van der Waals surface area contributed by atoms with Crippen molar-refractivity contribution in [2.45, 2.75) is 32.5 Å². The third kappa shape index (κ3) is 6.70. The number of aromatic nitrogens is 2. The Bertz CT molecular complexity index is 1190. The van der Waals surface area contributed by atoms with Crippen LogP contribution >= 0.6 is 0 Å². The topological polar surface area (TPSA) is 114 Å². The normalized spacial score (nSPS) is 11.6. The fourth-order valence-electron chi connectivity index (χ4n) is 2.73. The minimum atomic E-state index is -4.61. The van der Waals surface area contributed by atoms with Crippen molar-refractivity contribution in [2.24, 2.45) is 0 Å². The summed E-state index contributed by atoms with van der Waals surface area (Å²) in [4.78, 5) is 20.1. The summed E-state index contributed by atoms with van der Waals surface area (Å²) in [6.07, 6.45) is -4.02. The molecule has 0 aliphatic carbocycles. The van der Waals surface area contributed by atoms with Crippen molar-refractivity contribution in [3.8, 4) is 0 Å². The van der Waals surface area contributed by atoms with Crippen molar-refractivity contribution < 1.29 is 27.1 Å². The Kier molecular flexibility index (Phi) is 6.80. The summed E-state index contributed by atoms with van der Waals surface area (Å²) < 4.78 is 58.7. The monoisotopic (exact) mass is 478 g/mol. The lowest BCUT2D eigenvalue weighted by atomic mass is 10.1. The van der Waals surface area contributed by atoms with Crippen LogP contribution in [0, 0.1) is 5.82 Å². The van der Waals surface area contributed by atoms with Gasteiger partial charge in [0.05, 0.1) is 28.3 Å². The van der Waals surface area contributed by atoms with Crippen LogP contribution in [0.4, 0.5) is 56.9 Å². The SMILES string of the molecule is CC(C)(C)OC(=O)Nc1ccnc(Nc2ccc(C(F)(F)F)cc2Nc2cc(F)ccc2N)n1. The number of halogens is 4. The highest BCUT2D eigenvalue weighted by atomic mass is 19.4. The Morgan fingerprint density at radius 3 is 2.38 bits per heavy atom. The van der Waals surface area contributed by atoms with Crippen LogP contribution in [0.2, 0.25) is 0 Å². The van der Waals surface area contributed by atoms with E-state index in [-0.39, 0.29) is 34.5 Å². The molecule has 1 amide bonds. The molecule has 0 aliphatic heterocycles. The molecule has 0 radical (unpaired) electrons. The Hall–Kier alpha value is -4.09. The van der Waals surface area contributed by atoms with Gasteiger partial charge in [-0.2, -0.15) is 18.2 Å². The predicted octanol–water partition coefficient (Wildman–Crippen LogP) is 6.05. The van der Waals surface area contributed by atoms with Gasteiger partial charge in [0.2, 0.25) is 5.95 Å². The van der Waals surface area contributed by atoms with Crippen molar-refractivity contribution in [2.75, 3.05) is 21.7 Å². The van der Waals surface area contributed by atoms with E-state index in [1.165, 1.54) is 18.3 Å². The number of alkyl halides is 3. The molecule has 8 nitrogen and oxygen atoms in total. The molecule has 1 heterocycles. The molecule has 0 saturated heterocycles. The van der Waals surface area contributed by atoms with Crippen LogP contribution in [0.15, 0.2) is 48.7 Å². The molecule has 5 N–H and O–H groups in total. The average molecular weight is 478 g/mol. The second kappa shape index (κ2) is 9.41. The highest BCUT2D eigenvalue weighted by Gasteiger charge is 2.31. The summed E-state index contributed by atoms with van der Waals surface area (Å²) in [5.74, 6) is -0.548. The number of amides is 1. The van der Waals surface area contributed by atoms with E-state index in [1.807, 2.05) is 0 Å². The van der Waals surface area contributed by atoms with Gasteiger partial charge in [0.25, 0.3) is 0 Å². The first-order valence-electron chi connectivity index (χ1n) is 9.93. The molecule has 0 fully saturated rings. The minimum absolute atomic E-state index is 0.0245. The molecule has 34 heavy (non-hydrogen) atoms. The van der Waals surface area contributed by atoms with Crippen LogP contribution < -0.4 is 21.7 Å². The van der Waals surface area contributed by atoms with Crippen molar-refractivity contribution in [3.05, 3.63) is 60.0 Å². The molecular weight excluding hydrogens is 456 g/mol. The molecule has 12 heteroatoms. The van der Waals surface area contributed by atoms with Gasteiger partial charge in [0.1, 0.15) is 17.2 Å². The summed E-state index contributed by atoms with van der Waals surface area (Å²) in [6.45, 7) is 5.10. The first kappa shape index (κ1) is 24.6. The molecule has 3 rings (SSSR count). The molecule has 180 valence electrons. The van der Waals surface area contributed by atoms with Crippen LogP contribution in [-0.4, -0.2) is 21.7 Å². The smallest absolute Gasteiger partial charge is 0.416 e. The fraction of sp³-hybridized carbons (Fsp3) is 0.227. The Balaban J connectivity index is 1.90. The van der Waals surface area contributed by atoms with Gasteiger partial charge in [-0.25, -0.2) is 14.2 Å². The number of hydrogen-bond acceptors (Lipinski definition) is 7. The van der Waals surface area contributed by atoms with Gasteiger partial charge in [-0.15, -0.1) is 0 Å². The molecule has 0 aliphatic rings. The van der Waals surface area contributed by atoms with E-state index in [0.29, 0.717) is 0 Å². The fourth-order valence-corrected chi connectivity index (χ4v) is 2.73. The summed E-state index contributed by atoms with van der Waals surface area (Å²) in [5.41, 5.74) is 4.46. The quantitative estimate of drug-likeness (QED) is 0.261. The van der Waals surface area contributed by atoms with Crippen LogP contribution in [0.3, 0.4) is 0 Å². The van der Waals surface area contributed by atoms with E-state index >= 15 is 0 Å². The van der Waals surface area contributed by atoms with Crippen molar-refractivity contribution in [3.63, 3.8) is 0 Å². The minimum Gasteiger partial charge on any atom is -0.444 e. The van der Waals surface area contributed by atoms with Gasteiger partial charge in [-0.1, -0.05) is 0 Å². The number of hydrogen-bond donors (Lipinski definition) is 4. The van der Waals surface area contributed by atoms with Crippen LogP contribution in [-0.2, 0) is 10.9 Å². The van der Waals surface area contributed by atoms with E-state index in [2.05, 4.69) is 25.9 Å². The highest BCUT2D eigenvalue weighted by molar-refractivity contribution is 5.84. The number of nitrogen functional groups attached to an aromatic ring is 1. The van der Waals surface area contributed by atoms with E-state index < -0.39 is 29.3 Å². The molecule has 3 aromatic rings. The maximum absolute atomic E-state index is 13.7. The zero-order valence-corrected chi connectivity index (χ0v) is 18.4. The van der Waals surface area contributed by atoms with Crippen molar-refractivity contribution in [1.29, 1.82) is 0 Å². The lowest BCUT2D eigenvalue weighted by molar-refractivity contribution is -0.137. The number of ether oxygens (including phenoxy) is 1. The molecule has 0 spiro atoms. The number of benzene rings is 2. The standard InChI is InChI=1S/C22H22F4N6O2/c1-21(2,3)34-20(33)32-18-8-9-28-19(31-18)30-15-7-4-12(22(24,25)26)10-17(15)29-16-11-13(23)5-6-14(16)27/h4-11,29H,27H2,1-3H3,(H2,28,30,31,32,33). The maximum Gasteiger partial charge on any atom is 0.416 e. The number of carbonyl (C=O) groups excluding carboxylic acids is 1. The summed E-state index contributed by atoms with van der Waals surface area (Å²) in [5, 5.41) is 7.95.